The van der Waals surface area contributed by atoms with E-state index in [1.54, 1.807) is 7.11 Å². The summed E-state index contributed by atoms with van der Waals surface area (Å²) in [4.78, 5) is 0. The minimum atomic E-state index is 0.333. The highest BCUT2D eigenvalue weighted by molar-refractivity contribution is 5.54. The number of ether oxygens (including phenoxy) is 1. The molecule has 0 saturated carbocycles. The number of hydrogen-bond donors (Lipinski definition) is 2. The standard InChI is InChI=1S/C15H23NO2/c1-10-8-13(9-12-4-6-16-7-5-12)14(17)15(18-3)11(10)2/h8,12,16-17H,4-7,9H2,1-3H3. The van der Waals surface area contributed by atoms with Crippen LogP contribution in [-0.2, 0) is 6.42 Å². The molecule has 1 aromatic rings. The van der Waals surface area contributed by atoms with Crippen LogP contribution in [0.2, 0.25) is 0 Å². The quantitative estimate of drug-likeness (QED) is 0.865. The third-order valence-electron chi connectivity index (χ3n) is 4.01. The van der Waals surface area contributed by atoms with Gasteiger partial charge in [0.1, 0.15) is 0 Å². The molecule has 3 heteroatoms. The fourth-order valence-corrected chi connectivity index (χ4v) is 2.74. The molecule has 2 rings (SSSR count). The van der Waals surface area contributed by atoms with Crippen LogP contribution < -0.4 is 10.1 Å². The van der Waals surface area contributed by atoms with E-state index in [4.69, 9.17) is 4.74 Å². The average Bonchev–Trinajstić information content (AvgIpc) is 2.38. The predicted molar refractivity (Wildman–Crippen MR) is 73.4 cm³/mol. The summed E-state index contributed by atoms with van der Waals surface area (Å²) in [6.45, 7) is 6.24. The van der Waals surface area contributed by atoms with Crippen molar-refractivity contribution in [2.45, 2.75) is 33.1 Å². The van der Waals surface area contributed by atoms with E-state index >= 15 is 0 Å². The van der Waals surface area contributed by atoms with Gasteiger partial charge in [-0.3, -0.25) is 0 Å². The summed E-state index contributed by atoms with van der Waals surface area (Å²) >= 11 is 0. The van der Waals surface area contributed by atoms with Gasteiger partial charge in [-0.05, 0) is 68.8 Å². The van der Waals surface area contributed by atoms with Crippen molar-refractivity contribution in [2.24, 2.45) is 5.92 Å². The van der Waals surface area contributed by atoms with E-state index in [1.165, 1.54) is 18.4 Å². The minimum Gasteiger partial charge on any atom is -0.504 e. The predicted octanol–water partition coefficient (Wildman–Crippen LogP) is 2.56. The van der Waals surface area contributed by atoms with Crippen molar-refractivity contribution in [2.75, 3.05) is 20.2 Å². The molecule has 0 unspecified atom stereocenters. The molecule has 1 fully saturated rings. The first-order valence-corrected chi connectivity index (χ1v) is 6.70. The van der Waals surface area contributed by atoms with Crippen molar-refractivity contribution in [3.63, 3.8) is 0 Å². The van der Waals surface area contributed by atoms with Crippen molar-refractivity contribution in [1.29, 1.82) is 0 Å². The first-order valence-electron chi connectivity index (χ1n) is 6.70. The van der Waals surface area contributed by atoms with Gasteiger partial charge in [0.25, 0.3) is 0 Å². The van der Waals surface area contributed by atoms with E-state index in [0.29, 0.717) is 17.4 Å². The van der Waals surface area contributed by atoms with E-state index in [9.17, 15) is 5.11 Å². The highest BCUT2D eigenvalue weighted by Gasteiger charge is 2.19. The van der Waals surface area contributed by atoms with Crippen LogP contribution in [0.15, 0.2) is 6.07 Å². The number of aryl methyl sites for hydroxylation is 1. The van der Waals surface area contributed by atoms with Crippen LogP contribution in [0, 0.1) is 19.8 Å². The lowest BCUT2D eigenvalue weighted by Crippen LogP contribution is -2.28. The molecule has 0 bridgehead atoms. The summed E-state index contributed by atoms with van der Waals surface area (Å²) in [5, 5.41) is 13.7. The zero-order chi connectivity index (χ0) is 13.1. The molecule has 0 aromatic heterocycles. The van der Waals surface area contributed by atoms with Gasteiger partial charge in [-0.15, -0.1) is 0 Å². The summed E-state index contributed by atoms with van der Waals surface area (Å²) in [5.41, 5.74) is 3.25. The molecular weight excluding hydrogens is 226 g/mol. The normalized spacial score (nSPS) is 16.8. The topological polar surface area (TPSA) is 41.5 Å². The second-order valence-corrected chi connectivity index (χ2v) is 5.26. The van der Waals surface area contributed by atoms with Gasteiger partial charge in [0.15, 0.2) is 11.5 Å². The van der Waals surface area contributed by atoms with Gasteiger partial charge in [0.05, 0.1) is 7.11 Å². The Hall–Kier alpha value is -1.22. The van der Waals surface area contributed by atoms with Crippen molar-refractivity contribution < 1.29 is 9.84 Å². The largest absolute Gasteiger partial charge is 0.504 e. The van der Waals surface area contributed by atoms with Crippen LogP contribution in [0.5, 0.6) is 11.5 Å². The van der Waals surface area contributed by atoms with E-state index < -0.39 is 0 Å². The van der Waals surface area contributed by atoms with E-state index in [0.717, 1.165) is 30.6 Å². The number of phenols is 1. The fourth-order valence-electron chi connectivity index (χ4n) is 2.74. The number of aromatic hydroxyl groups is 1. The molecule has 1 aromatic carbocycles. The van der Waals surface area contributed by atoms with Crippen LogP contribution in [-0.4, -0.2) is 25.3 Å². The third kappa shape index (κ3) is 2.61. The van der Waals surface area contributed by atoms with Gasteiger partial charge in [0, 0.05) is 0 Å². The Labute approximate surface area is 109 Å². The summed E-state index contributed by atoms with van der Waals surface area (Å²) in [7, 11) is 1.62. The van der Waals surface area contributed by atoms with Gasteiger partial charge < -0.3 is 15.2 Å². The summed E-state index contributed by atoms with van der Waals surface area (Å²) in [6, 6.07) is 2.11. The van der Waals surface area contributed by atoms with E-state index in [2.05, 4.69) is 18.3 Å². The number of hydrogen-bond acceptors (Lipinski definition) is 3. The highest BCUT2D eigenvalue weighted by Crippen LogP contribution is 2.37. The molecule has 1 saturated heterocycles. The van der Waals surface area contributed by atoms with E-state index in [1.807, 2.05) is 6.92 Å². The Kier molecular flexibility index (Phi) is 4.12. The molecule has 3 nitrogen and oxygen atoms in total. The molecular formula is C15H23NO2. The SMILES string of the molecule is COc1c(C)c(C)cc(CC2CCNCC2)c1O. The molecule has 18 heavy (non-hydrogen) atoms. The molecule has 100 valence electrons. The maximum Gasteiger partial charge on any atom is 0.163 e. The molecule has 0 spiro atoms. The number of rotatable bonds is 3. The van der Waals surface area contributed by atoms with Crippen LogP contribution in [0.3, 0.4) is 0 Å². The third-order valence-corrected chi connectivity index (χ3v) is 4.01. The van der Waals surface area contributed by atoms with Crippen LogP contribution in [0.25, 0.3) is 0 Å². The van der Waals surface area contributed by atoms with Crippen molar-refractivity contribution in [1.82, 2.24) is 5.32 Å². The first-order chi connectivity index (χ1) is 8.63. The zero-order valence-corrected chi connectivity index (χ0v) is 11.5. The maximum absolute atomic E-state index is 10.3. The number of methoxy groups -OCH3 is 1. The van der Waals surface area contributed by atoms with Crippen molar-refractivity contribution >= 4 is 0 Å². The van der Waals surface area contributed by atoms with Gasteiger partial charge in [-0.1, -0.05) is 6.07 Å². The highest BCUT2D eigenvalue weighted by atomic mass is 16.5. The van der Waals surface area contributed by atoms with Crippen LogP contribution >= 0.6 is 0 Å². The second-order valence-electron chi connectivity index (χ2n) is 5.26. The van der Waals surface area contributed by atoms with Crippen molar-refractivity contribution in [3.8, 4) is 11.5 Å². The summed E-state index contributed by atoms with van der Waals surface area (Å²) in [5.74, 6) is 1.64. The molecule has 1 aliphatic rings. The van der Waals surface area contributed by atoms with Gasteiger partial charge in [-0.25, -0.2) is 0 Å². The zero-order valence-electron chi connectivity index (χ0n) is 11.5. The molecule has 2 N–H and O–H groups in total. The number of nitrogens with one attached hydrogen (secondary N) is 1. The van der Waals surface area contributed by atoms with E-state index in [-0.39, 0.29) is 0 Å². The Balaban J connectivity index is 2.24. The van der Waals surface area contributed by atoms with Gasteiger partial charge >= 0.3 is 0 Å². The van der Waals surface area contributed by atoms with Gasteiger partial charge in [-0.2, -0.15) is 0 Å². The molecule has 0 aliphatic carbocycles. The maximum atomic E-state index is 10.3. The molecule has 1 heterocycles. The summed E-state index contributed by atoms with van der Waals surface area (Å²) in [6.07, 6.45) is 3.33. The second kappa shape index (κ2) is 5.61. The van der Waals surface area contributed by atoms with Crippen LogP contribution in [0.1, 0.15) is 29.5 Å². The summed E-state index contributed by atoms with van der Waals surface area (Å²) < 4.78 is 5.32. The lowest BCUT2D eigenvalue weighted by atomic mass is 9.89. The average molecular weight is 249 g/mol. The minimum absolute atomic E-state index is 0.333. The number of phenolic OH excluding ortho intramolecular Hbond substituents is 1. The Morgan fingerprint density at radius 1 is 1.33 bits per heavy atom. The first kappa shape index (κ1) is 13.2. The Morgan fingerprint density at radius 3 is 2.61 bits per heavy atom. The fraction of sp³-hybridized carbons (Fsp3) is 0.600. The molecule has 0 atom stereocenters. The monoisotopic (exact) mass is 249 g/mol. The Bertz CT molecular complexity index is 423. The smallest absolute Gasteiger partial charge is 0.163 e. The van der Waals surface area contributed by atoms with Crippen molar-refractivity contribution in [3.05, 3.63) is 22.8 Å². The number of piperidine rings is 1. The number of benzene rings is 1. The van der Waals surface area contributed by atoms with Gasteiger partial charge in [0.2, 0.25) is 0 Å². The van der Waals surface area contributed by atoms with Crippen LogP contribution in [0.4, 0.5) is 0 Å². The Morgan fingerprint density at radius 2 is 2.00 bits per heavy atom. The lowest BCUT2D eigenvalue weighted by Gasteiger charge is -2.24. The molecule has 1 aliphatic heterocycles. The lowest BCUT2D eigenvalue weighted by molar-refractivity contribution is 0.350. The molecule has 0 radical (unpaired) electrons. The molecule has 0 amide bonds.